The van der Waals surface area contributed by atoms with E-state index in [1.54, 1.807) is 4.68 Å². The number of hydrogen-bond donors (Lipinski definition) is 2. The smallest absolute Gasteiger partial charge is 0.257 e. The Balaban J connectivity index is 2.19. The second-order valence-corrected chi connectivity index (χ2v) is 4.81. The Labute approximate surface area is 119 Å². The first-order valence-electron chi connectivity index (χ1n) is 6.67. The number of nitrogens with one attached hydrogen (secondary N) is 2. The van der Waals surface area contributed by atoms with Gasteiger partial charge in [-0.3, -0.25) is 9.48 Å². The highest BCUT2D eigenvalue weighted by Crippen LogP contribution is 2.17. The topological polar surface area (TPSA) is 59.0 Å². The molecule has 0 aliphatic rings. The highest BCUT2D eigenvalue weighted by atomic mass is 16.1. The molecule has 2 N–H and O–H groups in total. The van der Waals surface area contributed by atoms with E-state index in [4.69, 9.17) is 0 Å². The summed E-state index contributed by atoms with van der Waals surface area (Å²) in [5.41, 5.74) is 3.52. The van der Waals surface area contributed by atoms with Crippen LogP contribution in [0.4, 0.5) is 11.5 Å². The van der Waals surface area contributed by atoms with Gasteiger partial charge in [-0.2, -0.15) is 5.10 Å². The van der Waals surface area contributed by atoms with E-state index in [2.05, 4.69) is 15.7 Å². The molecule has 0 saturated carbocycles. The number of carbonyl (C=O) groups is 1. The normalized spacial score (nSPS) is 10.4. The summed E-state index contributed by atoms with van der Waals surface area (Å²) in [5.74, 6) is 0.580. The molecule has 20 heavy (non-hydrogen) atoms. The Morgan fingerprint density at radius 3 is 2.60 bits per heavy atom. The Kier molecular flexibility index (Phi) is 4.08. The van der Waals surface area contributed by atoms with Gasteiger partial charge in [0.2, 0.25) is 0 Å². The van der Waals surface area contributed by atoms with E-state index < -0.39 is 0 Å². The van der Waals surface area contributed by atoms with Crippen molar-refractivity contribution in [3.63, 3.8) is 0 Å². The Hall–Kier alpha value is -2.30. The van der Waals surface area contributed by atoms with Crippen LogP contribution in [0.1, 0.15) is 28.5 Å². The summed E-state index contributed by atoms with van der Waals surface area (Å²) < 4.78 is 1.66. The number of aryl methyl sites for hydroxylation is 3. The van der Waals surface area contributed by atoms with Crippen molar-refractivity contribution in [3.8, 4) is 0 Å². The third-order valence-electron chi connectivity index (χ3n) is 3.10. The molecule has 0 unspecified atom stereocenters. The van der Waals surface area contributed by atoms with E-state index >= 15 is 0 Å². The maximum absolute atomic E-state index is 12.3. The van der Waals surface area contributed by atoms with Crippen LogP contribution in [0, 0.1) is 13.8 Å². The molecule has 0 aliphatic heterocycles. The molecule has 1 heterocycles. The van der Waals surface area contributed by atoms with Gasteiger partial charge >= 0.3 is 0 Å². The molecule has 1 aromatic heterocycles. The minimum Gasteiger partial charge on any atom is -0.385 e. The highest BCUT2D eigenvalue weighted by molar-refractivity contribution is 6.05. The van der Waals surface area contributed by atoms with Gasteiger partial charge in [-0.15, -0.1) is 0 Å². The van der Waals surface area contributed by atoms with Crippen molar-refractivity contribution in [1.29, 1.82) is 0 Å². The van der Waals surface area contributed by atoms with Gasteiger partial charge in [0.05, 0.1) is 5.69 Å². The number of benzene rings is 1. The number of hydrogen-bond acceptors (Lipinski definition) is 3. The zero-order chi connectivity index (χ0) is 14.7. The molecule has 0 saturated heterocycles. The molecule has 0 radical (unpaired) electrons. The minimum absolute atomic E-state index is 0.117. The van der Waals surface area contributed by atoms with Crippen molar-refractivity contribution in [2.45, 2.75) is 20.8 Å². The number of amides is 1. The lowest BCUT2D eigenvalue weighted by Gasteiger charge is -2.10. The van der Waals surface area contributed by atoms with Crippen LogP contribution in [-0.4, -0.2) is 22.2 Å². The summed E-state index contributed by atoms with van der Waals surface area (Å²) >= 11 is 0. The van der Waals surface area contributed by atoms with Crippen molar-refractivity contribution in [3.05, 3.63) is 41.1 Å². The number of aromatic nitrogens is 2. The van der Waals surface area contributed by atoms with E-state index in [1.165, 1.54) is 0 Å². The van der Waals surface area contributed by atoms with Crippen LogP contribution in [-0.2, 0) is 7.05 Å². The Morgan fingerprint density at radius 1 is 1.30 bits per heavy atom. The van der Waals surface area contributed by atoms with E-state index in [9.17, 15) is 4.79 Å². The number of rotatable bonds is 4. The summed E-state index contributed by atoms with van der Waals surface area (Å²) in [4.78, 5) is 12.3. The molecule has 2 rings (SSSR count). The van der Waals surface area contributed by atoms with Gasteiger partial charge in [-0.25, -0.2) is 0 Å². The summed E-state index contributed by atoms with van der Waals surface area (Å²) in [7, 11) is 1.81. The second kappa shape index (κ2) is 5.77. The zero-order valence-corrected chi connectivity index (χ0v) is 12.3. The summed E-state index contributed by atoms with van der Waals surface area (Å²) in [6.07, 6.45) is 0. The number of carbonyl (C=O) groups excluding carboxylic acids is 1. The van der Waals surface area contributed by atoms with Crippen LogP contribution in [0.2, 0.25) is 0 Å². The van der Waals surface area contributed by atoms with E-state index in [-0.39, 0.29) is 5.91 Å². The van der Waals surface area contributed by atoms with Crippen molar-refractivity contribution < 1.29 is 4.79 Å². The average Bonchev–Trinajstić information content (AvgIpc) is 2.68. The Morgan fingerprint density at radius 2 is 2.05 bits per heavy atom. The van der Waals surface area contributed by atoms with Gasteiger partial charge in [-0.05, 0) is 44.5 Å². The maximum atomic E-state index is 12.3. The second-order valence-electron chi connectivity index (χ2n) is 4.81. The lowest BCUT2D eigenvalue weighted by Crippen LogP contribution is -2.16. The zero-order valence-electron chi connectivity index (χ0n) is 12.3. The van der Waals surface area contributed by atoms with Crippen LogP contribution in [0.25, 0.3) is 0 Å². The van der Waals surface area contributed by atoms with Crippen molar-refractivity contribution in [2.24, 2.45) is 7.05 Å². The fourth-order valence-corrected chi connectivity index (χ4v) is 2.14. The fraction of sp³-hybridized carbons (Fsp3) is 0.333. The summed E-state index contributed by atoms with van der Waals surface area (Å²) in [5, 5.41) is 10.3. The van der Waals surface area contributed by atoms with E-state index in [1.807, 2.05) is 52.1 Å². The molecule has 0 spiro atoms. The molecule has 106 valence electrons. The van der Waals surface area contributed by atoms with Gasteiger partial charge in [0, 0.05) is 30.9 Å². The van der Waals surface area contributed by atoms with Crippen LogP contribution in [0.15, 0.2) is 24.3 Å². The molecule has 0 atom stereocenters. The first-order valence-corrected chi connectivity index (χ1v) is 6.67. The quantitative estimate of drug-likeness (QED) is 0.899. The van der Waals surface area contributed by atoms with Crippen molar-refractivity contribution >= 4 is 17.4 Å². The molecule has 1 aromatic carbocycles. The molecule has 5 heteroatoms. The van der Waals surface area contributed by atoms with Crippen LogP contribution in [0.5, 0.6) is 0 Å². The summed E-state index contributed by atoms with van der Waals surface area (Å²) in [6.45, 7) is 6.73. The summed E-state index contributed by atoms with van der Waals surface area (Å²) in [6, 6.07) is 7.58. The van der Waals surface area contributed by atoms with Crippen molar-refractivity contribution in [2.75, 3.05) is 17.2 Å². The Bertz CT molecular complexity index is 631. The maximum Gasteiger partial charge on any atom is 0.257 e. The number of nitrogens with zero attached hydrogens (tertiary/aromatic N) is 2. The van der Waals surface area contributed by atoms with Gasteiger partial charge in [0.1, 0.15) is 5.82 Å². The molecule has 0 aliphatic carbocycles. The SMILES string of the molecule is CCNc1ccc(C(=O)Nc2cc(C)nn2C)c(C)c1. The standard InChI is InChI=1S/C15H20N4O/c1-5-16-12-6-7-13(10(2)8-12)15(20)17-14-9-11(3)18-19(14)4/h6-9,16H,5H2,1-4H3,(H,17,20). The molecule has 2 aromatic rings. The van der Waals surface area contributed by atoms with Gasteiger partial charge in [0.15, 0.2) is 0 Å². The van der Waals surface area contributed by atoms with Crippen LogP contribution in [0.3, 0.4) is 0 Å². The third-order valence-corrected chi connectivity index (χ3v) is 3.10. The lowest BCUT2D eigenvalue weighted by molar-refractivity contribution is 0.102. The molecular formula is C15H20N4O. The highest BCUT2D eigenvalue weighted by Gasteiger charge is 2.12. The lowest BCUT2D eigenvalue weighted by atomic mass is 10.1. The van der Waals surface area contributed by atoms with Gasteiger partial charge < -0.3 is 10.6 Å². The molecule has 0 fully saturated rings. The van der Waals surface area contributed by atoms with Crippen LogP contribution >= 0.6 is 0 Å². The largest absolute Gasteiger partial charge is 0.385 e. The monoisotopic (exact) mass is 272 g/mol. The molecule has 5 nitrogen and oxygen atoms in total. The van der Waals surface area contributed by atoms with Crippen LogP contribution < -0.4 is 10.6 Å². The number of anilines is 2. The minimum atomic E-state index is -0.117. The van der Waals surface area contributed by atoms with E-state index in [0.717, 1.165) is 23.5 Å². The average molecular weight is 272 g/mol. The van der Waals surface area contributed by atoms with Gasteiger partial charge in [0.25, 0.3) is 5.91 Å². The fourth-order valence-electron chi connectivity index (χ4n) is 2.14. The molecule has 1 amide bonds. The van der Waals surface area contributed by atoms with Crippen molar-refractivity contribution in [1.82, 2.24) is 9.78 Å². The first kappa shape index (κ1) is 14.1. The van der Waals surface area contributed by atoms with Gasteiger partial charge in [-0.1, -0.05) is 0 Å². The molecule has 0 bridgehead atoms. The predicted molar refractivity (Wildman–Crippen MR) is 81.2 cm³/mol. The first-order chi connectivity index (χ1) is 9.51. The van der Waals surface area contributed by atoms with E-state index in [0.29, 0.717) is 11.4 Å². The predicted octanol–water partition coefficient (Wildman–Crippen LogP) is 2.72. The molecular weight excluding hydrogens is 252 g/mol. The third kappa shape index (κ3) is 2.99.